The normalized spacial score (nSPS) is 11.4. The highest BCUT2D eigenvalue weighted by Gasteiger charge is 2.23. The van der Waals surface area contributed by atoms with Crippen molar-refractivity contribution < 1.29 is 8.83 Å². The van der Waals surface area contributed by atoms with Gasteiger partial charge in [0.1, 0.15) is 28.9 Å². The average molecular weight is 366 g/mol. The lowest BCUT2D eigenvalue weighted by Crippen LogP contribution is -1.90. The van der Waals surface area contributed by atoms with Crippen LogP contribution in [0, 0.1) is 18.3 Å². The van der Waals surface area contributed by atoms with Gasteiger partial charge in [-0.15, -0.1) is 0 Å². The smallest absolute Gasteiger partial charge is 0.238 e. The van der Waals surface area contributed by atoms with Gasteiger partial charge >= 0.3 is 0 Å². The van der Waals surface area contributed by atoms with Crippen LogP contribution in [0.4, 0.5) is 5.88 Å². The number of rotatable bonds is 4. The Morgan fingerprint density at radius 3 is 2.07 bits per heavy atom. The molecule has 4 nitrogen and oxygen atoms in total. The zero-order valence-corrected chi connectivity index (χ0v) is 15.6. The summed E-state index contributed by atoms with van der Waals surface area (Å²) in [6.45, 7) is 3.72. The molecule has 2 aromatic carbocycles. The van der Waals surface area contributed by atoms with Crippen molar-refractivity contribution in [3.63, 3.8) is 0 Å². The van der Waals surface area contributed by atoms with Crippen LogP contribution in [0.1, 0.15) is 24.0 Å². The van der Waals surface area contributed by atoms with E-state index in [4.69, 9.17) is 8.83 Å². The molecule has 0 saturated heterocycles. The third-order valence-electron chi connectivity index (χ3n) is 4.47. The van der Waals surface area contributed by atoms with E-state index < -0.39 is 0 Å². The molecule has 2 heterocycles. The van der Waals surface area contributed by atoms with Gasteiger partial charge in [0, 0.05) is 11.1 Å². The lowest BCUT2D eigenvalue weighted by atomic mass is 9.98. The van der Waals surface area contributed by atoms with Crippen molar-refractivity contribution in [2.75, 3.05) is 0 Å². The van der Waals surface area contributed by atoms with Gasteiger partial charge < -0.3 is 8.83 Å². The van der Waals surface area contributed by atoms with Crippen LogP contribution in [0.25, 0.3) is 22.5 Å². The Bertz CT molecular complexity index is 1180. The summed E-state index contributed by atoms with van der Waals surface area (Å²) in [5.74, 6) is 2.37. The summed E-state index contributed by atoms with van der Waals surface area (Å²) >= 11 is 0. The maximum Gasteiger partial charge on any atom is 0.238 e. The van der Waals surface area contributed by atoms with Gasteiger partial charge in [-0.3, -0.25) is 0 Å². The van der Waals surface area contributed by atoms with Crippen LogP contribution in [0.15, 0.2) is 86.6 Å². The summed E-state index contributed by atoms with van der Waals surface area (Å²) in [5.41, 5.74) is 3.61. The first-order valence-electron chi connectivity index (χ1n) is 8.97. The van der Waals surface area contributed by atoms with Crippen LogP contribution in [0.2, 0.25) is 0 Å². The molecule has 4 aromatic rings. The standard InChI is InChI=1S/C24H18N2O2/c1-16-13-14-21(27-16)17(2)26-24-20(15-25)22(18-9-5-3-6-10-18)23(28-24)19-11-7-4-8-12-19/h3-14H,1-2H3/b26-17-. The molecule has 0 aliphatic rings. The fourth-order valence-electron chi connectivity index (χ4n) is 3.11. The summed E-state index contributed by atoms with van der Waals surface area (Å²) in [6.07, 6.45) is 0. The molecule has 0 aliphatic heterocycles. The minimum Gasteiger partial charge on any atom is -0.460 e. The number of aryl methyl sites for hydroxylation is 1. The van der Waals surface area contributed by atoms with Crippen LogP contribution in [-0.2, 0) is 0 Å². The van der Waals surface area contributed by atoms with E-state index in [9.17, 15) is 5.26 Å². The molecule has 0 aliphatic carbocycles. The molecule has 0 radical (unpaired) electrons. The van der Waals surface area contributed by atoms with Gasteiger partial charge in [-0.1, -0.05) is 60.7 Å². The second kappa shape index (κ2) is 7.42. The Labute approximate surface area is 163 Å². The quantitative estimate of drug-likeness (QED) is 0.386. The van der Waals surface area contributed by atoms with Gasteiger partial charge in [-0.2, -0.15) is 5.26 Å². The Morgan fingerprint density at radius 2 is 1.50 bits per heavy atom. The van der Waals surface area contributed by atoms with Crippen LogP contribution >= 0.6 is 0 Å². The SMILES string of the molecule is C/C(=N/c1oc(-c2ccccc2)c(-c2ccccc2)c1C#N)c1ccc(C)o1. The maximum atomic E-state index is 9.91. The predicted molar refractivity (Wildman–Crippen MR) is 110 cm³/mol. The van der Waals surface area contributed by atoms with E-state index in [0.29, 0.717) is 22.8 Å². The lowest BCUT2D eigenvalue weighted by molar-refractivity contribution is 0.524. The fraction of sp³-hybridized carbons (Fsp3) is 0.0833. The molecule has 0 saturated carbocycles. The minimum atomic E-state index is 0.284. The molecule has 28 heavy (non-hydrogen) atoms. The molecule has 4 rings (SSSR count). The highest BCUT2D eigenvalue weighted by molar-refractivity contribution is 5.99. The number of benzene rings is 2. The minimum absolute atomic E-state index is 0.284. The molecule has 0 N–H and O–H groups in total. The van der Waals surface area contributed by atoms with Crippen molar-refractivity contribution in [1.29, 1.82) is 5.26 Å². The topological polar surface area (TPSA) is 62.4 Å². The Hall–Kier alpha value is -3.84. The van der Waals surface area contributed by atoms with Crippen molar-refractivity contribution in [1.82, 2.24) is 0 Å². The number of nitriles is 1. The third-order valence-corrected chi connectivity index (χ3v) is 4.47. The monoisotopic (exact) mass is 366 g/mol. The lowest BCUT2D eigenvalue weighted by Gasteiger charge is -2.03. The Balaban J connectivity index is 1.94. The highest BCUT2D eigenvalue weighted by atomic mass is 16.4. The molecule has 2 aromatic heterocycles. The average Bonchev–Trinajstić information content (AvgIpc) is 3.33. The first-order chi connectivity index (χ1) is 13.7. The molecule has 0 amide bonds. The van der Waals surface area contributed by atoms with E-state index in [1.807, 2.05) is 86.6 Å². The predicted octanol–water partition coefficient (Wildman–Crippen LogP) is 6.53. The molecule has 0 bridgehead atoms. The highest BCUT2D eigenvalue weighted by Crippen LogP contribution is 2.42. The zero-order chi connectivity index (χ0) is 19.5. The largest absolute Gasteiger partial charge is 0.460 e. The first-order valence-corrected chi connectivity index (χ1v) is 8.97. The number of nitrogens with zero attached hydrogens (tertiary/aromatic N) is 2. The molecule has 0 atom stereocenters. The van der Waals surface area contributed by atoms with Gasteiger partial charge in [0.25, 0.3) is 0 Å². The molecule has 4 heteroatoms. The van der Waals surface area contributed by atoms with Crippen molar-refractivity contribution in [2.45, 2.75) is 13.8 Å². The van der Waals surface area contributed by atoms with Crippen LogP contribution in [-0.4, -0.2) is 5.71 Å². The maximum absolute atomic E-state index is 9.91. The van der Waals surface area contributed by atoms with Crippen LogP contribution in [0.5, 0.6) is 0 Å². The first kappa shape index (κ1) is 17.6. The summed E-state index contributed by atoms with van der Waals surface area (Å²) in [6, 6.07) is 25.5. The molecular formula is C24H18N2O2. The van der Waals surface area contributed by atoms with Crippen molar-refractivity contribution in [3.05, 3.63) is 89.9 Å². The van der Waals surface area contributed by atoms with E-state index in [1.165, 1.54) is 0 Å². The summed E-state index contributed by atoms with van der Waals surface area (Å²) in [4.78, 5) is 4.58. The molecule has 0 unspecified atom stereocenters. The van der Waals surface area contributed by atoms with E-state index >= 15 is 0 Å². The van der Waals surface area contributed by atoms with Gasteiger partial charge in [-0.25, -0.2) is 4.99 Å². The zero-order valence-electron chi connectivity index (χ0n) is 15.6. The van der Waals surface area contributed by atoms with E-state index in [1.54, 1.807) is 0 Å². The third kappa shape index (κ3) is 3.26. The number of hydrogen-bond donors (Lipinski definition) is 0. The number of aliphatic imine (C=N–C) groups is 1. The Morgan fingerprint density at radius 1 is 0.857 bits per heavy atom. The van der Waals surface area contributed by atoms with Crippen molar-refractivity contribution in [3.8, 4) is 28.5 Å². The molecule has 0 fully saturated rings. The van der Waals surface area contributed by atoms with E-state index in [2.05, 4.69) is 11.1 Å². The molecular weight excluding hydrogens is 348 g/mol. The van der Waals surface area contributed by atoms with E-state index in [0.717, 1.165) is 22.5 Å². The number of hydrogen-bond acceptors (Lipinski definition) is 4. The Kier molecular flexibility index (Phi) is 4.65. The second-order valence-corrected chi connectivity index (χ2v) is 6.44. The van der Waals surface area contributed by atoms with Crippen molar-refractivity contribution in [2.24, 2.45) is 4.99 Å². The van der Waals surface area contributed by atoms with Crippen LogP contribution in [0.3, 0.4) is 0 Å². The van der Waals surface area contributed by atoms with Gasteiger partial charge in [0.05, 0.1) is 5.71 Å². The summed E-state index contributed by atoms with van der Waals surface area (Å²) in [7, 11) is 0. The molecule has 0 spiro atoms. The van der Waals surface area contributed by atoms with E-state index in [-0.39, 0.29) is 5.88 Å². The number of furan rings is 2. The summed E-state index contributed by atoms with van der Waals surface area (Å²) < 4.78 is 11.8. The van der Waals surface area contributed by atoms with Crippen molar-refractivity contribution >= 4 is 11.6 Å². The van der Waals surface area contributed by atoms with Gasteiger partial charge in [0.15, 0.2) is 0 Å². The summed E-state index contributed by atoms with van der Waals surface area (Å²) in [5, 5.41) is 9.91. The molecule has 136 valence electrons. The van der Waals surface area contributed by atoms with Gasteiger partial charge in [-0.05, 0) is 31.5 Å². The van der Waals surface area contributed by atoms with Gasteiger partial charge in [0.2, 0.25) is 5.88 Å². The fourth-order valence-corrected chi connectivity index (χ4v) is 3.11. The second-order valence-electron chi connectivity index (χ2n) is 6.44. The van der Waals surface area contributed by atoms with Crippen LogP contribution < -0.4 is 0 Å².